The SMILES string of the molecule is CCOC(=O)c1ccc2c(c1)nc(Sc1ncc(C(F)(F)F)cc1Cl)n2CCCC(OC)OC. The predicted octanol–water partition coefficient (Wildman–Crippen LogP) is 5.83. The molecular weight excluding hydrogens is 495 g/mol. The first-order valence-electron chi connectivity index (χ1n) is 10.3. The van der Waals surface area contributed by atoms with Gasteiger partial charge in [-0.05, 0) is 49.4 Å². The first-order chi connectivity index (χ1) is 16.2. The monoisotopic (exact) mass is 517 g/mol. The number of aryl methyl sites for hydroxylation is 1. The third kappa shape index (κ3) is 6.21. The lowest BCUT2D eigenvalue weighted by atomic mass is 10.2. The van der Waals surface area contributed by atoms with Crippen molar-refractivity contribution in [2.45, 2.75) is 49.0 Å². The Morgan fingerprint density at radius 1 is 1.24 bits per heavy atom. The van der Waals surface area contributed by atoms with Gasteiger partial charge in [-0.15, -0.1) is 0 Å². The third-order valence-electron chi connectivity index (χ3n) is 4.89. The highest BCUT2D eigenvalue weighted by atomic mass is 35.5. The zero-order chi connectivity index (χ0) is 24.9. The first kappa shape index (κ1) is 26.3. The summed E-state index contributed by atoms with van der Waals surface area (Å²) in [5, 5.41) is 0.518. The Morgan fingerprint density at radius 2 is 1.97 bits per heavy atom. The molecule has 0 N–H and O–H groups in total. The van der Waals surface area contributed by atoms with Crippen molar-refractivity contribution in [1.29, 1.82) is 0 Å². The number of carbonyl (C=O) groups excluding carboxylic acids is 1. The van der Waals surface area contributed by atoms with Crippen LogP contribution < -0.4 is 0 Å². The van der Waals surface area contributed by atoms with E-state index in [0.717, 1.165) is 29.5 Å². The van der Waals surface area contributed by atoms with E-state index in [1.807, 2.05) is 4.57 Å². The van der Waals surface area contributed by atoms with E-state index in [0.29, 0.717) is 35.6 Å². The number of nitrogens with zero attached hydrogens (tertiary/aromatic N) is 3. The van der Waals surface area contributed by atoms with Crippen molar-refractivity contribution in [2.75, 3.05) is 20.8 Å². The minimum absolute atomic E-state index is 0.135. The number of pyridine rings is 1. The Kier molecular flexibility index (Phi) is 8.80. The second-order valence-corrected chi connectivity index (χ2v) is 8.49. The smallest absolute Gasteiger partial charge is 0.417 e. The van der Waals surface area contributed by atoms with Crippen LogP contribution in [0.4, 0.5) is 13.2 Å². The summed E-state index contributed by atoms with van der Waals surface area (Å²) in [5.74, 6) is -0.469. The molecule has 0 aliphatic rings. The van der Waals surface area contributed by atoms with Crippen molar-refractivity contribution < 1.29 is 32.2 Å². The van der Waals surface area contributed by atoms with Crippen molar-refractivity contribution in [3.8, 4) is 0 Å². The number of aromatic nitrogens is 3. The van der Waals surface area contributed by atoms with Gasteiger partial charge in [0.2, 0.25) is 0 Å². The van der Waals surface area contributed by atoms with Gasteiger partial charge in [0, 0.05) is 33.4 Å². The maximum Gasteiger partial charge on any atom is 0.417 e. The molecule has 0 bridgehead atoms. The molecule has 2 aromatic heterocycles. The van der Waals surface area contributed by atoms with E-state index < -0.39 is 17.7 Å². The fourth-order valence-electron chi connectivity index (χ4n) is 3.23. The van der Waals surface area contributed by atoms with E-state index in [2.05, 4.69) is 9.97 Å². The Hall–Kier alpha value is -2.34. The molecule has 0 radical (unpaired) electrons. The quantitative estimate of drug-likeness (QED) is 0.247. The van der Waals surface area contributed by atoms with Crippen molar-refractivity contribution in [3.05, 3.63) is 46.6 Å². The number of carbonyl (C=O) groups is 1. The summed E-state index contributed by atoms with van der Waals surface area (Å²) in [6.07, 6.45) is -2.90. The molecule has 1 aromatic carbocycles. The Bertz CT molecular complexity index is 1150. The summed E-state index contributed by atoms with van der Waals surface area (Å²) in [6.45, 7) is 2.47. The van der Waals surface area contributed by atoms with Crippen molar-refractivity contribution in [2.24, 2.45) is 0 Å². The number of ether oxygens (including phenoxy) is 3. The fourth-order valence-corrected chi connectivity index (χ4v) is 4.39. The topological polar surface area (TPSA) is 75.5 Å². The zero-order valence-electron chi connectivity index (χ0n) is 18.7. The minimum atomic E-state index is -4.55. The molecule has 12 heteroatoms. The molecule has 34 heavy (non-hydrogen) atoms. The van der Waals surface area contributed by atoms with Gasteiger partial charge >= 0.3 is 12.1 Å². The van der Waals surface area contributed by atoms with E-state index >= 15 is 0 Å². The van der Waals surface area contributed by atoms with Gasteiger partial charge in [-0.3, -0.25) is 0 Å². The molecule has 3 aromatic rings. The molecule has 0 spiro atoms. The Balaban J connectivity index is 1.96. The van der Waals surface area contributed by atoms with E-state index in [9.17, 15) is 18.0 Å². The van der Waals surface area contributed by atoms with Crippen LogP contribution in [0.1, 0.15) is 35.7 Å². The second kappa shape index (κ2) is 11.4. The molecule has 0 aliphatic heterocycles. The molecule has 0 fully saturated rings. The Labute approximate surface area is 203 Å². The number of halogens is 4. The average Bonchev–Trinajstić information content (AvgIpc) is 3.13. The van der Waals surface area contributed by atoms with Crippen LogP contribution in [0.2, 0.25) is 5.02 Å². The van der Waals surface area contributed by atoms with Crippen molar-refractivity contribution >= 4 is 40.4 Å². The van der Waals surface area contributed by atoms with Gasteiger partial charge in [0.15, 0.2) is 11.4 Å². The van der Waals surface area contributed by atoms with Crippen LogP contribution in [0.15, 0.2) is 40.6 Å². The van der Waals surface area contributed by atoms with Crippen LogP contribution in [0.3, 0.4) is 0 Å². The molecule has 0 unspecified atom stereocenters. The molecule has 0 atom stereocenters. The van der Waals surface area contributed by atoms with Crippen molar-refractivity contribution in [1.82, 2.24) is 14.5 Å². The largest absolute Gasteiger partial charge is 0.462 e. The number of fused-ring (bicyclic) bond motifs is 1. The molecule has 0 amide bonds. The first-order valence-corrected chi connectivity index (χ1v) is 11.5. The standard InChI is InChI=1S/C22H23ClF3N3O4S/c1-4-33-20(30)13-7-8-17-16(10-13)28-21(29(17)9-5-6-18(31-2)32-3)34-19-15(23)11-14(12-27-19)22(24,25)26/h7-8,10-12,18H,4-6,9H2,1-3H3. The van der Waals surface area contributed by atoms with Crippen LogP contribution in [0.5, 0.6) is 0 Å². The number of hydrogen-bond donors (Lipinski definition) is 0. The molecule has 0 aliphatic carbocycles. The number of esters is 1. The highest BCUT2D eigenvalue weighted by Gasteiger charge is 2.32. The summed E-state index contributed by atoms with van der Waals surface area (Å²) < 4.78 is 56.3. The van der Waals surface area contributed by atoms with Gasteiger partial charge in [0.25, 0.3) is 0 Å². The van der Waals surface area contributed by atoms with Crippen molar-refractivity contribution in [3.63, 3.8) is 0 Å². The average molecular weight is 518 g/mol. The lowest BCUT2D eigenvalue weighted by Gasteiger charge is -2.14. The maximum atomic E-state index is 13.0. The number of imidazole rings is 1. The van der Waals surface area contributed by atoms with Gasteiger partial charge in [-0.25, -0.2) is 14.8 Å². The predicted molar refractivity (Wildman–Crippen MR) is 121 cm³/mol. The van der Waals surface area contributed by atoms with Crippen LogP contribution in [0.25, 0.3) is 11.0 Å². The van der Waals surface area contributed by atoms with Gasteiger partial charge in [0.05, 0.1) is 33.8 Å². The number of methoxy groups -OCH3 is 2. The third-order valence-corrected chi connectivity index (χ3v) is 6.31. The van der Waals surface area contributed by atoms with E-state index in [1.165, 1.54) is 0 Å². The summed E-state index contributed by atoms with van der Waals surface area (Å²) in [6, 6.07) is 5.85. The number of benzene rings is 1. The lowest BCUT2D eigenvalue weighted by molar-refractivity contribution is -0.137. The van der Waals surface area contributed by atoms with Gasteiger partial charge in [-0.2, -0.15) is 13.2 Å². The van der Waals surface area contributed by atoms with Gasteiger partial charge in [-0.1, -0.05) is 11.6 Å². The van der Waals surface area contributed by atoms with E-state index in [1.54, 1.807) is 39.3 Å². The summed E-state index contributed by atoms with van der Waals surface area (Å²) in [5.41, 5.74) is 0.691. The van der Waals surface area contributed by atoms with Crippen LogP contribution in [0, 0.1) is 0 Å². The zero-order valence-corrected chi connectivity index (χ0v) is 20.3. The number of hydrogen-bond acceptors (Lipinski definition) is 7. The fraction of sp³-hybridized carbons (Fsp3) is 0.409. The van der Waals surface area contributed by atoms with Gasteiger partial charge < -0.3 is 18.8 Å². The summed E-state index contributed by atoms with van der Waals surface area (Å²) >= 11 is 7.15. The summed E-state index contributed by atoms with van der Waals surface area (Å²) in [7, 11) is 3.11. The molecule has 0 saturated heterocycles. The molecular formula is C22H23ClF3N3O4S. The van der Waals surface area contributed by atoms with Gasteiger partial charge in [0.1, 0.15) is 5.03 Å². The number of alkyl halides is 3. The molecule has 3 rings (SSSR count). The van der Waals surface area contributed by atoms with Crippen LogP contribution in [-0.4, -0.2) is 47.6 Å². The molecule has 184 valence electrons. The maximum absolute atomic E-state index is 13.0. The van der Waals surface area contributed by atoms with Crippen LogP contribution >= 0.6 is 23.4 Å². The van der Waals surface area contributed by atoms with E-state index in [4.69, 9.17) is 25.8 Å². The summed E-state index contributed by atoms with van der Waals surface area (Å²) in [4.78, 5) is 20.6. The normalized spacial score (nSPS) is 12.0. The highest BCUT2D eigenvalue weighted by molar-refractivity contribution is 7.99. The second-order valence-electron chi connectivity index (χ2n) is 7.12. The minimum Gasteiger partial charge on any atom is -0.462 e. The van der Waals surface area contributed by atoms with E-state index in [-0.39, 0.29) is 22.9 Å². The lowest BCUT2D eigenvalue weighted by Crippen LogP contribution is -2.14. The number of rotatable bonds is 10. The molecule has 2 heterocycles. The van der Waals surface area contributed by atoms with Crippen LogP contribution in [-0.2, 0) is 26.9 Å². The Morgan fingerprint density at radius 3 is 2.59 bits per heavy atom. The molecule has 0 saturated carbocycles. The molecule has 7 nitrogen and oxygen atoms in total. The highest BCUT2D eigenvalue weighted by Crippen LogP contribution is 2.37.